The Morgan fingerprint density at radius 2 is 2.00 bits per heavy atom. The molecule has 2 nitrogen and oxygen atoms in total. The van der Waals surface area contributed by atoms with E-state index >= 15 is 0 Å². The van der Waals surface area contributed by atoms with E-state index in [2.05, 4.69) is 62.3 Å². The molecule has 1 heterocycles. The van der Waals surface area contributed by atoms with E-state index in [4.69, 9.17) is 0 Å². The van der Waals surface area contributed by atoms with Crippen molar-refractivity contribution < 1.29 is 0 Å². The van der Waals surface area contributed by atoms with Gasteiger partial charge < -0.3 is 10.2 Å². The van der Waals surface area contributed by atoms with Gasteiger partial charge in [0.05, 0.1) is 0 Å². The van der Waals surface area contributed by atoms with E-state index in [1.54, 1.807) is 0 Å². The molecule has 0 bridgehead atoms. The summed E-state index contributed by atoms with van der Waals surface area (Å²) in [5.74, 6) is 0.732. The van der Waals surface area contributed by atoms with Crippen molar-refractivity contribution >= 4 is 0 Å². The molecule has 1 aliphatic heterocycles. The van der Waals surface area contributed by atoms with Crippen LogP contribution in [0.25, 0.3) is 0 Å². The smallest absolute Gasteiger partial charge is 0.0210 e. The highest BCUT2D eigenvalue weighted by Crippen LogP contribution is 2.21. The first kappa shape index (κ1) is 13.6. The van der Waals surface area contributed by atoms with Crippen LogP contribution in [-0.4, -0.2) is 30.6 Å². The summed E-state index contributed by atoms with van der Waals surface area (Å²) in [6.07, 6.45) is 1.25. The average Bonchev–Trinajstić information content (AvgIpc) is 2.34. The van der Waals surface area contributed by atoms with Gasteiger partial charge in [-0.2, -0.15) is 0 Å². The van der Waals surface area contributed by atoms with Crippen LogP contribution >= 0.6 is 0 Å². The fourth-order valence-electron chi connectivity index (χ4n) is 2.88. The SMILES string of the molecule is Cc1ccccc1CNC1CC(C)N(C)CC1C. The van der Waals surface area contributed by atoms with E-state index in [0.717, 1.165) is 12.5 Å². The molecular formula is C16H26N2. The van der Waals surface area contributed by atoms with E-state index in [-0.39, 0.29) is 0 Å². The minimum Gasteiger partial charge on any atom is -0.310 e. The molecule has 1 aromatic carbocycles. The number of hydrogen-bond acceptors (Lipinski definition) is 2. The highest BCUT2D eigenvalue weighted by molar-refractivity contribution is 5.25. The molecule has 1 N–H and O–H groups in total. The standard InChI is InChI=1S/C16H26N2/c1-12-7-5-6-8-15(12)10-17-16-9-14(3)18(4)11-13(16)2/h5-8,13-14,16-17H,9-11H2,1-4H3. The van der Waals surface area contributed by atoms with Crippen molar-refractivity contribution in [2.45, 2.75) is 45.8 Å². The van der Waals surface area contributed by atoms with Gasteiger partial charge in [0.25, 0.3) is 0 Å². The molecule has 0 saturated carbocycles. The zero-order chi connectivity index (χ0) is 13.1. The monoisotopic (exact) mass is 246 g/mol. The van der Waals surface area contributed by atoms with Gasteiger partial charge in [-0.25, -0.2) is 0 Å². The van der Waals surface area contributed by atoms with E-state index in [9.17, 15) is 0 Å². The number of nitrogens with zero attached hydrogens (tertiary/aromatic N) is 1. The number of likely N-dealkylation sites (tertiary alicyclic amines) is 1. The summed E-state index contributed by atoms with van der Waals surface area (Å²) in [5.41, 5.74) is 2.81. The normalized spacial score (nSPS) is 29.4. The maximum atomic E-state index is 3.75. The quantitative estimate of drug-likeness (QED) is 0.882. The Labute approximate surface area is 111 Å². The second-order valence-electron chi connectivity index (χ2n) is 5.92. The molecule has 1 aliphatic rings. The molecule has 0 radical (unpaired) electrons. The molecule has 2 rings (SSSR count). The third kappa shape index (κ3) is 3.12. The first-order chi connectivity index (χ1) is 8.58. The van der Waals surface area contributed by atoms with Gasteiger partial charge in [0.2, 0.25) is 0 Å². The van der Waals surface area contributed by atoms with Crippen molar-refractivity contribution in [2.24, 2.45) is 5.92 Å². The van der Waals surface area contributed by atoms with Gasteiger partial charge in [-0.3, -0.25) is 0 Å². The highest BCUT2D eigenvalue weighted by Gasteiger charge is 2.28. The zero-order valence-corrected chi connectivity index (χ0v) is 12.1. The van der Waals surface area contributed by atoms with Crippen LogP contribution < -0.4 is 5.32 Å². The minimum absolute atomic E-state index is 0.649. The van der Waals surface area contributed by atoms with Gasteiger partial charge in [-0.05, 0) is 44.4 Å². The molecule has 1 aromatic rings. The zero-order valence-electron chi connectivity index (χ0n) is 12.1. The fraction of sp³-hybridized carbons (Fsp3) is 0.625. The Morgan fingerprint density at radius 1 is 1.28 bits per heavy atom. The van der Waals surface area contributed by atoms with Gasteiger partial charge in [0, 0.05) is 25.2 Å². The topological polar surface area (TPSA) is 15.3 Å². The second-order valence-corrected chi connectivity index (χ2v) is 5.92. The Morgan fingerprint density at radius 3 is 2.72 bits per heavy atom. The van der Waals surface area contributed by atoms with Gasteiger partial charge in [0.1, 0.15) is 0 Å². The summed E-state index contributed by atoms with van der Waals surface area (Å²) in [6, 6.07) is 10.00. The predicted octanol–water partition coefficient (Wildman–Crippen LogP) is 2.81. The van der Waals surface area contributed by atoms with E-state index in [1.165, 1.54) is 24.1 Å². The summed E-state index contributed by atoms with van der Waals surface area (Å²) >= 11 is 0. The van der Waals surface area contributed by atoms with Gasteiger partial charge in [-0.15, -0.1) is 0 Å². The van der Waals surface area contributed by atoms with Crippen LogP contribution in [0.3, 0.4) is 0 Å². The third-order valence-corrected chi connectivity index (χ3v) is 4.43. The maximum absolute atomic E-state index is 3.75. The first-order valence-corrected chi connectivity index (χ1v) is 7.06. The summed E-state index contributed by atoms with van der Waals surface area (Å²) in [4.78, 5) is 2.47. The van der Waals surface area contributed by atoms with Gasteiger partial charge in [-0.1, -0.05) is 31.2 Å². The summed E-state index contributed by atoms with van der Waals surface area (Å²) in [5, 5.41) is 3.75. The molecule has 3 atom stereocenters. The third-order valence-electron chi connectivity index (χ3n) is 4.43. The van der Waals surface area contributed by atoms with Crippen molar-refractivity contribution in [3.63, 3.8) is 0 Å². The largest absolute Gasteiger partial charge is 0.310 e. The lowest BCUT2D eigenvalue weighted by Crippen LogP contribution is -2.50. The number of piperidine rings is 1. The van der Waals surface area contributed by atoms with Crippen LogP contribution in [0.2, 0.25) is 0 Å². The van der Waals surface area contributed by atoms with Crippen molar-refractivity contribution in [2.75, 3.05) is 13.6 Å². The molecule has 0 amide bonds. The van der Waals surface area contributed by atoms with Crippen molar-refractivity contribution in [3.05, 3.63) is 35.4 Å². The molecule has 0 aromatic heterocycles. The molecule has 0 aliphatic carbocycles. The Hall–Kier alpha value is -0.860. The van der Waals surface area contributed by atoms with Crippen LogP contribution in [0.1, 0.15) is 31.4 Å². The van der Waals surface area contributed by atoms with E-state index in [1.807, 2.05) is 0 Å². The number of aryl methyl sites for hydroxylation is 1. The van der Waals surface area contributed by atoms with Gasteiger partial charge >= 0.3 is 0 Å². The Balaban J connectivity index is 1.92. The Bertz CT molecular complexity index is 388. The van der Waals surface area contributed by atoms with Crippen LogP contribution in [-0.2, 0) is 6.54 Å². The predicted molar refractivity (Wildman–Crippen MR) is 77.7 cm³/mol. The lowest BCUT2D eigenvalue weighted by atomic mass is 9.89. The summed E-state index contributed by atoms with van der Waals surface area (Å²) in [6.45, 7) is 9.08. The summed E-state index contributed by atoms with van der Waals surface area (Å²) < 4.78 is 0. The number of benzene rings is 1. The molecular weight excluding hydrogens is 220 g/mol. The summed E-state index contributed by atoms with van der Waals surface area (Å²) in [7, 11) is 2.23. The molecule has 1 saturated heterocycles. The van der Waals surface area contributed by atoms with Crippen molar-refractivity contribution in [3.8, 4) is 0 Å². The molecule has 18 heavy (non-hydrogen) atoms. The van der Waals surface area contributed by atoms with Crippen molar-refractivity contribution in [1.29, 1.82) is 0 Å². The minimum atomic E-state index is 0.649. The highest BCUT2D eigenvalue weighted by atomic mass is 15.2. The van der Waals surface area contributed by atoms with Crippen LogP contribution in [0.5, 0.6) is 0 Å². The van der Waals surface area contributed by atoms with Crippen LogP contribution in [0.4, 0.5) is 0 Å². The van der Waals surface area contributed by atoms with E-state index in [0.29, 0.717) is 12.1 Å². The van der Waals surface area contributed by atoms with E-state index < -0.39 is 0 Å². The number of rotatable bonds is 3. The number of nitrogens with one attached hydrogen (secondary N) is 1. The van der Waals surface area contributed by atoms with Crippen LogP contribution in [0.15, 0.2) is 24.3 Å². The molecule has 3 unspecified atom stereocenters. The second kappa shape index (κ2) is 5.85. The Kier molecular flexibility index (Phi) is 4.41. The van der Waals surface area contributed by atoms with Crippen LogP contribution in [0, 0.1) is 12.8 Å². The molecule has 1 fully saturated rings. The molecule has 100 valence electrons. The van der Waals surface area contributed by atoms with Gasteiger partial charge in [0.15, 0.2) is 0 Å². The lowest BCUT2D eigenvalue weighted by molar-refractivity contribution is 0.121. The maximum Gasteiger partial charge on any atom is 0.0210 e. The molecule has 2 heteroatoms. The fourth-order valence-corrected chi connectivity index (χ4v) is 2.88. The van der Waals surface area contributed by atoms with Crippen molar-refractivity contribution in [1.82, 2.24) is 10.2 Å². The lowest BCUT2D eigenvalue weighted by Gasteiger charge is -2.40. The first-order valence-electron chi connectivity index (χ1n) is 7.06. The number of hydrogen-bond donors (Lipinski definition) is 1. The average molecular weight is 246 g/mol. The molecule has 0 spiro atoms.